The summed E-state index contributed by atoms with van der Waals surface area (Å²) in [6.07, 6.45) is 6.45. The maximum absolute atomic E-state index is 11.2. The smallest absolute Gasteiger partial charge is 0.173 e. The molecule has 0 spiro atoms. The molecule has 0 bridgehead atoms. The van der Waals surface area contributed by atoms with Crippen LogP contribution in [0.4, 0.5) is 0 Å². The third kappa shape index (κ3) is 3.06. The molecular weight excluding hydrogens is 226 g/mol. The van der Waals surface area contributed by atoms with Crippen LogP contribution in [-0.4, -0.2) is 37.5 Å². The zero-order chi connectivity index (χ0) is 11.6. The number of hydrogen-bond donors (Lipinski definition) is 2. The van der Waals surface area contributed by atoms with Gasteiger partial charge >= 0.3 is 0 Å². The highest BCUT2D eigenvalue weighted by molar-refractivity contribution is 7.94. The number of hydrogen-bond acceptors (Lipinski definition) is 4. The van der Waals surface area contributed by atoms with Gasteiger partial charge in [-0.05, 0) is 12.8 Å². The molecule has 16 heavy (non-hydrogen) atoms. The van der Waals surface area contributed by atoms with Crippen LogP contribution in [0.3, 0.4) is 0 Å². The Kier molecular flexibility index (Phi) is 3.66. The summed E-state index contributed by atoms with van der Waals surface area (Å²) >= 11 is 0. The topological polar surface area (TPSA) is 66.4 Å². The van der Waals surface area contributed by atoms with E-state index in [1.807, 2.05) is 0 Å². The predicted molar refractivity (Wildman–Crippen MR) is 62.7 cm³/mol. The van der Waals surface area contributed by atoms with Gasteiger partial charge in [0.2, 0.25) is 0 Å². The number of aliphatic hydroxyl groups excluding tert-OH is 1. The van der Waals surface area contributed by atoms with E-state index in [0.29, 0.717) is 0 Å². The molecule has 0 amide bonds. The fraction of sp³-hybridized carbons (Fsp3) is 0.818. The van der Waals surface area contributed by atoms with Crippen molar-refractivity contribution in [2.24, 2.45) is 0 Å². The quantitative estimate of drug-likeness (QED) is 0.698. The summed E-state index contributed by atoms with van der Waals surface area (Å²) < 4.78 is 22.5. The second kappa shape index (κ2) is 4.85. The van der Waals surface area contributed by atoms with E-state index in [1.54, 1.807) is 6.08 Å². The van der Waals surface area contributed by atoms with Crippen molar-refractivity contribution < 1.29 is 13.5 Å². The zero-order valence-corrected chi connectivity index (χ0v) is 10.1. The molecule has 1 saturated carbocycles. The Morgan fingerprint density at radius 3 is 2.62 bits per heavy atom. The Balaban J connectivity index is 1.91. The van der Waals surface area contributed by atoms with E-state index < -0.39 is 9.84 Å². The van der Waals surface area contributed by atoms with Gasteiger partial charge in [-0.1, -0.05) is 25.3 Å². The lowest BCUT2D eigenvalue weighted by Crippen LogP contribution is -2.45. The first kappa shape index (κ1) is 12.1. The molecule has 5 heteroatoms. The second-order valence-corrected chi connectivity index (χ2v) is 6.67. The van der Waals surface area contributed by atoms with Crippen LogP contribution in [0.2, 0.25) is 0 Å². The van der Waals surface area contributed by atoms with Gasteiger partial charge in [0.15, 0.2) is 9.84 Å². The first-order valence-corrected chi connectivity index (χ1v) is 7.63. The molecule has 0 aromatic rings. The average molecular weight is 245 g/mol. The maximum atomic E-state index is 11.2. The predicted octanol–water partition coefficient (Wildman–Crippen LogP) is 0.580. The highest BCUT2D eigenvalue weighted by atomic mass is 32.2. The Morgan fingerprint density at radius 2 is 1.94 bits per heavy atom. The Labute approximate surface area is 96.7 Å². The molecule has 1 heterocycles. The third-order valence-corrected chi connectivity index (χ3v) is 4.73. The van der Waals surface area contributed by atoms with Gasteiger partial charge in [-0.15, -0.1) is 0 Å². The molecule has 1 aliphatic heterocycles. The second-order valence-electron chi connectivity index (χ2n) is 4.74. The highest BCUT2D eigenvalue weighted by Gasteiger charge is 2.27. The summed E-state index contributed by atoms with van der Waals surface area (Å²) in [5.41, 5.74) is 0. The molecular formula is C11H19NO3S. The van der Waals surface area contributed by atoms with Gasteiger partial charge < -0.3 is 10.4 Å². The number of nitrogens with one attached hydrogen (secondary N) is 1. The monoisotopic (exact) mass is 245 g/mol. The van der Waals surface area contributed by atoms with Gasteiger partial charge in [0, 0.05) is 17.5 Å². The molecule has 2 N–H and O–H groups in total. The molecule has 0 aromatic carbocycles. The first-order valence-electron chi connectivity index (χ1n) is 5.92. The maximum Gasteiger partial charge on any atom is 0.173 e. The van der Waals surface area contributed by atoms with Gasteiger partial charge in [-0.3, -0.25) is 0 Å². The summed E-state index contributed by atoms with van der Waals surface area (Å²) in [6, 6.07) is -0.0757. The fourth-order valence-electron chi connectivity index (χ4n) is 2.44. The van der Waals surface area contributed by atoms with Gasteiger partial charge in [-0.25, -0.2) is 8.42 Å². The van der Waals surface area contributed by atoms with E-state index in [9.17, 15) is 13.5 Å². The zero-order valence-electron chi connectivity index (χ0n) is 9.30. The number of aliphatic hydroxyl groups is 1. The Hall–Kier alpha value is -0.390. The van der Waals surface area contributed by atoms with Gasteiger partial charge in [-0.2, -0.15) is 0 Å². The number of rotatable bonds is 2. The van der Waals surface area contributed by atoms with Crippen molar-refractivity contribution in [1.82, 2.24) is 5.32 Å². The van der Waals surface area contributed by atoms with E-state index >= 15 is 0 Å². The highest BCUT2D eigenvalue weighted by Crippen LogP contribution is 2.19. The van der Waals surface area contributed by atoms with Crippen LogP contribution in [0.25, 0.3) is 0 Å². The van der Waals surface area contributed by atoms with E-state index in [4.69, 9.17) is 0 Å². The van der Waals surface area contributed by atoms with Crippen molar-refractivity contribution in [3.05, 3.63) is 11.5 Å². The minimum atomic E-state index is -3.00. The molecule has 3 atom stereocenters. The van der Waals surface area contributed by atoms with Crippen molar-refractivity contribution in [3.8, 4) is 0 Å². The third-order valence-electron chi connectivity index (χ3n) is 3.34. The Bertz CT molecular complexity index is 363. The van der Waals surface area contributed by atoms with Gasteiger partial charge in [0.1, 0.15) is 0 Å². The van der Waals surface area contributed by atoms with E-state index in [1.165, 1.54) is 5.41 Å². The van der Waals surface area contributed by atoms with Gasteiger partial charge in [0.05, 0.1) is 11.9 Å². The average Bonchev–Trinajstić information content (AvgIpc) is 2.41. The van der Waals surface area contributed by atoms with Crippen molar-refractivity contribution in [2.45, 2.75) is 50.3 Å². The van der Waals surface area contributed by atoms with Crippen LogP contribution in [-0.2, 0) is 9.84 Å². The largest absolute Gasteiger partial charge is 0.392 e. The molecule has 1 aliphatic carbocycles. The minimum Gasteiger partial charge on any atom is -0.392 e. The molecule has 0 radical (unpaired) electrons. The van der Waals surface area contributed by atoms with Crippen molar-refractivity contribution in [2.75, 3.05) is 5.75 Å². The van der Waals surface area contributed by atoms with Crippen LogP contribution in [0.15, 0.2) is 11.5 Å². The van der Waals surface area contributed by atoms with E-state index in [2.05, 4.69) is 5.32 Å². The lowest BCUT2D eigenvalue weighted by Gasteiger charge is -2.24. The van der Waals surface area contributed by atoms with Crippen molar-refractivity contribution >= 4 is 9.84 Å². The van der Waals surface area contributed by atoms with Crippen LogP contribution in [0, 0.1) is 0 Å². The molecule has 2 rings (SSSR count). The SMILES string of the molecule is O=S1(=O)C=CC(NC2CCCCCC2O)C1. The molecule has 92 valence electrons. The summed E-state index contributed by atoms with van der Waals surface area (Å²) in [5.74, 6) is 0.135. The standard InChI is InChI=1S/C11H19NO3S/c13-11-5-3-1-2-4-10(11)12-9-6-7-16(14,15)8-9/h6-7,9-13H,1-5,8H2. The summed E-state index contributed by atoms with van der Waals surface area (Å²) in [4.78, 5) is 0. The van der Waals surface area contributed by atoms with Crippen molar-refractivity contribution in [3.63, 3.8) is 0 Å². The lowest BCUT2D eigenvalue weighted by molar-refractivity contribution is 0.118. The van der Waals surface area contributed by atoms with E-state index in [-0.39, 0.29) is 23.9 Å². The van der Waals surface area contributed by atoms with Crippen LogP contribution >= 0.6 is 0 Å². The molecule has 1 fully saturated rings. The van der Waals surface area contributed by atoms with Crippen LogP contribution < -0.4 is 5.32 Å². The summed E-state index contributed by atoms with van der Waals surface area (Å²) in [5, 5.41) is 14.4. The Morgan fingerprint density at radius 1 is 1.19 bits per heavy atom. The number of sulfone groups is 1. The molecule has 4 nitrogen and oxygen atoms in total. The molecule has 0 saturated heterocycles. The van der Waals surface area contributed by atoms with Gasteiger partial charge in [0.25, 0.3) is 0 Å². The fourth-order valence-corrected chi connectivity index (χ4v) is 3.69. The minimum absolute atomic E-state index is 0.0467. The lowest BCUT2D eigenvalue weighted by atomic mass is 10.1. The molecule has 2 aliphatic rings. The van der Waals surface area contributed by atoms with E-state index in [0.717, 1.165) is 32.1 Å². The first-order chi connectivity index (χ1) is 7.57. The normalized spacial score (nSPS) is 38.4. The van der Waals surface area contributed by atoms with Crippen molar-refractivity contribution in [1.29, 1.82) is 0 Å². The molecule has 0 aromatic heterocycles. The molecule has 3 unspecified atom stereocenters. The van der Waals surface area contributed by atoms with Crippen LogP contribution in [0.5, 0.6) is 0 Å². The summed E-state index contributed by atoms with van der Waals surface area (Å²) in [6.45, 7) is 0. The summed E-state index contributed by atoms with van der Waals surface area (Å²) in [7, 11) is -3.00. The van der Waals surface area contributed by atoms with Crippen LogP contribution in [0.1, 0.15) is 32.1 Å².